The molecule has 0 atom stereocenters. The van der Waals surface area contributed by atoms with Crippen LogP contribution >= 0.6 is 0 Å². The zero-order valence-electron chi connectivity index (χ0n) is 22.6. The largest absolute Gasteiger partial charge is 0.486 e. The first-order chi connectivity index (χ1) is 19.4. The first kappa shape index (κ1) is 27.4. The van der Waals surface area contributed by atoms with Gasteiger partial charge >= 0.3 is 10.1 Å². The van der Waals surface area contributed by atoms with Crippen LogP contribution in [0.25, 0.3) is 0 Å². The van der Waals surface area contributed by atoms with Crippen LogP contribution in [0.5, 0.6) is 5.75 Å². The predicted molar refractivity (Wildman–Crippen MR) is 156 cm³/mol. The lowest BCUT2D eigenvalue weighted by Crippen LogP contribution is -2.36. The third kappa shape index (κ3) is 5.43. The molecule has 5 rings (SSSR count). The highest BCUT2D eigenvalue weighted by molar-refractivity contribution is 7.86. The summed E-state index contributed by atoms with van der Waals surface area (Å²) in [6.07, 6.45) is 4.36. The second-order valence-electron chi connectivity index (χ2n) is 9.60. The van der Waals surface area contributed by atoms with E-state index in [1.807, 2.05) is 81.0 Å². The second-order valence-corrected chi connectivity index (χ2v) is 11.2. The van der Waals surface area contributed by atoms with Gasteiger partial charge in [-0.15, -0.1) is 0 Å². The molecule has 4 aromatic carbocycles. The van der Waals surface area contributed by atoms with E-state index in [2.05, 4.69) is 41.0 Å². The zero-order valence-corrected chi connectivity index (χ0v) is 23.4. The molecule has 0 bridgehead atoms. The summed E-state index contributed by atoms with van der Waals surface area (Å²) in [7, 11) is -3.95. The summed E-state index contributed by atoms with van der Waals surface area (Å²) in [6.45, 7) is 3.94. The van der Waals surface area contributed by atoms with E-state index in [-0.39, 0.29) is 23.9 Å². The van der Waals surface area contributed by atoms with E-state index in [0.717, 1.165) is 22.3 Å². The number of ether oxygens (including phenoxy) is 1. The van der Waals surface area contributed by atoms with Crippen molar-refractivity contribution in [2.75, 3.05) is 6.61 Å². The van der Waals surface area contributed by atoms with Crippen molar-refractivity contribution in [3.05, 3.63) is 150 Å². The normalized spacial score (nSPS) is 11.8. The third-order valence-corrected chi connectivity index (χ3v) is 8.14. The summed E-state index contributed by atoms with van der Waals surface area (Å²) in [6, 6.07) is 36.0. The number of rotatable bonds is 11. The van der Waals surface area contributed by atoms with Gasteiger partial charge in [0.2, 0.25) is 0 Å². The maximum atomic E-state index is 12.8. The number of nitrogens with zero attached hydrogens (tertiary/aromatic N) is 2. The minimum absolute atomic E-state index is 0.0122. The van der Waals surface area contributed by atoms with Gasteiger partial charge in [-0.05, 0) is 47.7 Å². The molecular formula is C33H32N2O4S. The average molecular weight is 553 g/mol. The van der Waals surface area contributed by atoms with Crippen LogP contribution in [0.1, 0.15) is 41.3 Å². The van der Waals surface area contributed by atoms with Gasteiger partial charge in [-0.25, -0.2) is 4.98 Å². The van der Waals surface area contributed by atoms with Gasteiger partial charge in [0.05, 0.1) is 18.6 Å². The third-order valence-electron chi connectivity index (χ3n) is 6.78. The molecule has 0 saturated heterocycles. The van der Waals surface area contributed by atoms with Gasteiger partial charge < -0.3 is 9.30 Å². The number of aromatic nitrogens is 2. The van der Waals surface area contributed by atoms with Crippen LogP contribution in [0.15, 0.2) is 127 Å². The van der Waals surface area contributed by atoms with Crippen molar-refractivity contribution in [1.82, 2.24) is 9.55 Å². The van der Waals surface area contributed by atoms with Gasteiger partial charge in [0, 0.05) is 6.20 Å². The maximum absolute atomic E-state index is 12.8. The lowest BCUT2D eigenvalue weighted by atomic mass is 9.77. The lowest BCUT2D eigenvalue weighted by molar-refractivity contribution is 0.285. The summed E-state index contributed by atoms with van der Waals surface area (Å²) in [5.41, 5.74) is 4.09. The number of benzene rings is 4. The van der Waals surface area contributed by atoms with Gasteiger partial charge in [-0.1, -0.05) is 104 Å². The van der Waals surface area contributed by atoms with Crippen LogP contribution in [0.3, 0.4) is 0 Å². The molecule has 6 nitrogen and oxygen atoms in total. The van der Waals surface area contributed by atoms with Crippen molar-refractivity contribution in [2.45, 2.75) is 37.3 Å². The Morgan fingerprint density at radius 2 is 1.35 bits per heavy atom. The second kappa shape index (κ2) is 11.9. The number of hydrogen-bond donors (Lipinski definition) is 0. The van der Waals surface area contributed by atoms with Crippen LogP contribution in [-0.4, -0.2) is 24.6 Å². The van der Waals surface area contributed by atoms with Crippen LogP contribution in [0.2, 0.25) is 0 Å². The Hall–Kier alpha value is -4.20. The average Bonchev–Trinajstić information content (AvgIpc) is 3.46. The smallest absolute Gasteiger partial charge is 0.300 e. The monoisotopic (exact) mass is 552 g/mol. The SMILES string of the molecule is CCCOS(=O)(=O)c1ccc(C)cc1OCc1cn(C(c2ccccc2)(c2ccccc2)c2ccccc2)cn1. The minimum Gasteiger partial charge on any atom is -0.486 e. The summed E-state index contributed by atoms with van der Waals surface area (Å²) in [5.74, 6) is 0.242. The van der Waals surface area contributed by atoms with E-state index >= 15 is 0 Å². The van der Waals surface area contributed by atoms with Crippen molar-refractivity contribution < 1.29 is 17.3 Å². The standard InChI is InChI=1S/C33H32N2O4S/c1-3-21-39-40(36,37)32-20-19-26(2)22-31(32)38-24-30-23-35(25-34-30)33(27-13-7-4-8-14-27,28-15-9-5-10-16-28)29-17-11-6-12-18-29/h4-20,22-23,25H,3,21,24H2,1-2H3. The quantitative estimate of drug-likeness (QED) is 0.134. The first-order valence-electron chi connectivity index (χ1n) is 13.3. The topological polar surface area (TPSA) is 70.4 Å². The molecule has 0 aliphatic heterocycles. The van der Waals surface area contributed by atoms with E-state index in [1.54, 1.807) is 12.1 Å². The van der Waals surface area contributed by atoms with E-state index in [9.17, 15) is 8.42 Å². The van der Waals surface area contributed by atoms with Gasteiger partial charge in [0.15, 0.2) is 0 Å². The van der Waals surface area contributed by atoms with Gasteiger partial charge in [0.25, 0.3) is 0 Å². The van der Waals surface area contributed by atoms with Crippen molar-refractivity contribution in [3.63, 3.8) is 0 Å². The Morgan fingerprint density at radius 3 is 1.88 bits per heavy atom. The molecule has 0 saturated carbocycles. The molecule has 5 aromatic rings. The fourth-order valence-corrected chi connectivity index (χ4v) is 6.06. The van der Waals surface area contributed by atoms with Gasteiger partial charge in [-0.3, -0.25) is 4.18 Å². The lowest BCUT2D eigenvalue weighted by Gasteiger charge is -2.37. The van der Waals surface area contributed by atoms with Crippen molar-refractivity contribution >= 4 is 10.1 Å². The maximum Gasteiger partial charge on any atom is 0.300 e. The molecule has 0 amide bonds. The summed E-state index contributed by atoms with van der Waals surface area (Å²) in [5, 5.41) is 0. The number of hydrogen-bond acceptors (Lipinski definition) is 5. The molecule has 0 N–H and O–H groups in total. The molecule has 0 radical (unpaired) electrons. The highest BCUT2D eigenvalue weighted by Crippen LogP contribution is 2.40. The predicted octanol–water partition coefficient (Wildman–Crippen LogP) is 6.73. The van der Waals surface area contributed by atoms with E-state index in [1.165, 1.54) is 6.07 Å². The van der Waals surface area contributed by atoms with Crippen LogP contribution in [0, 0.1) is 6.92 Å². The molecule has 0 aliphatic rings. The molecule has 0 fully saturated rings. The Kier molecular flexibility index (Phi) is 8.14. The zero-order chi connectivity index (χ0) is 28.0. The van der Waals surface area contributed by atoms with Crippen LogP contribution in [-0.2, 0) is 26.4 Å². The molecule has 204 valence electrons. The Labute approximate surface area is 236 Å². The molecule has 1 heterocycles. The summed E-state index contributed by atoms with van der Waals surface area (Å²) >= 11 is 0. The fraction of sp³-hybridized carbons (Fsp3) is 0.182. The first-order valence-corrected chi connectivity index (χ1v) is 14.7. The van der Waals surface area contributed by atoms with Crippen LogP contribution in [0.4, 0.5) is 0 Å². The van der Waals surface area contributed by atoms with Gasteiger partial charge in [-0.2, -0.15) is 8.42 Å². The number of aryl methyl sites for hydroxylation is 1. The van der Waals surface area contributed by atoms with E-state index < -0.39 is 15.7 Å². The van der Waals surface area contributed by atoms with Crippen molar-refractivity contribution in [2.24, 2.45) is 0 Å². The fourth-order valence-electron chi connectivity index (χ4n) is 4.95. The summed E-state index contributed by atoms with van der Waals surface area (Å²) in [4.78, 5) is 4.71. The molecule has 0 unspecified atom stereocenters. The highest BCUT2D eigenvalue weighted by Gasteiger charge is 2.38. The van der Waals surface area contributed by atoms with Crippen molar-refractivity contribution in [3.8, 4) is 5.75 Å². The molecule has 1 aromatic heterocycles. The van der Waals surface area contributed by atoms with E-state index in [4.69, 9.17) is 13.9 Å². The highest BCUT2D eigenvalue weighted by atomic mass is 32.2. The molecular weight excluding hydrogens is 520 g/mol. The molecule has 40 heavy (non-hydrogen) atoms. The molecule has 7 heteroatoms. The van der Waals surface area contributed by atoms with E-state index in [0.29, 0.717) is 12.1 Å². The Bertz CT molecular complexity index is 1550. The summed E-state index contributed by atoms with van der Waals surface area (Å²) < 4.78 is 39.0. The van der Waals surface area contributed by atoms with Gasteiger partial charge in [0.1, 0.15) is 22.8 Å². The Balaban J connectivity index is 1.56. The molecule has 0 spiro atoms. The van der Waals surface area contributed by atoms with Crippen molar-refractivity contribution in [1.29, 1.82) is 0 Å². The van der Waals surface area contributed by atoms with Crippen LogP contribution < -0.4 is 4.74 Å². The molecule has 0 aliphatic carbocycles. The number of imidazole rings is 1. The Morgan fingerprint density at radius 1 is 0.800 bits per heavy atom. The minimum atomic E-state index is -3.95.